The highest BCUT2D eigenvalue weighted by Gasteiger charge is 2.32. The molecule has 12 heteroatoms. The predicted octanol–water partition coefficient (Wildman–Crippen LogP) is 2.89. The summed E-state index contributed by atoms with van der Waals surface area (Å²) in [6.07, 6.45) is -1.65. The lowest BCUT2D eigenvalue weighted by Gasteiger charge is -2.16. The minimum Gasteiger partial charge on any atom is -0.486 e. The summed E-state index contributed by atoms with van der Waals surface area (Å²) in [5.74, 6) is 0.549. The van der Waals surface area contributed by atoms with Crippen molar-refractivity contribution in [1.82, 2.24) is 20.1 Å². The number of benzene rings is 1. The number of nitrogens with one attached hydrogen (secondary N) is 3. The lowest BCUT2D eigenvalue weighted by molar-refractivity contribution is -0.275. The van der Waals surface area contributed by atoms with E-state index in [1.165, 1.54) is 24.5 Å². The maximum Gasteiger partial charge on any atom is 0.573 e. The van der Waals surface area contributed by atoms with E-state index in [4.69, 9.17) is 10.5 Å². The third-order valence-electron chi connectivity index (χ3n) is 4.04. The van der Waals surface area contributed by atoms with Gasteiger partial charge in [-0.2, -0.15) is 0 Å². The molecule has 0 radical (unpaired) electrons. The van der Waals surface area contributed by atoms with Crippen molar-refractivity contribution < 1.29 is 22.6 Å². The number of hydrogen-bond acceptors (Lipinski definition) is 8. The fourth-order valence-electron chi connectivity index (χ4n) is 2.78. The molecule has 0 saturated carbocycles. The van der Waals surface area contributed by atoms with Gasteiger partial charge in [0.15, 0.2) is 11.6 Å². The van der Waals surface area contributed by atoms with Gasteiger partial charge in [-0.05, 0) is 19.1 Å². The normalized spacial score (nSPS) is 12.8. The van der Waals surface area contributed by atoms with Gasteiger partial charge in [0.05, 0.1) is 17.7 Å². The number of nitrogens with zero attached hydrogens (tertiary/aromatic N) is 3. The largest absolute Gasteiger partial charge is 0.573 e. The van der Waals surface area contributed by atoms with Gasteiger partial charge in [0, 0.05) is 23.9 Å². The van der Waals surface area contributed by atoms with E-state index in [0.29, 0.717) is 22.9 Å². The molecule has 3 aromatic rings. The maximum atomic E-state index is 12.9. The van der Waals surface area contributed by atoms with Crippen LogP contribution in [0.3, 0.4) is 0 Å². The number of rotatable bonds is 5. The number of nitrogen functional groups attached to an aromatic ring is 1. The van der Waals surface area contributed by atoms with Gasteiger partial charge < -0.3 is 19.8 Å². The fraction of sp³-hybridized carbons (Fsp3) is 0.176. The van der Waals surface area contributed by atoms with Crippen LogP contribution in [0.5, 0.6) is 11.5 Å². The highest BCUT2D eigenvalue weighted by atomic mass is 19.4. The molecule has 0 fully saturated rings. The topological polar surface area (TPSA) is 111 Å². The van der Waals surface area contributed by atoms with E-state index in [2.05, 4.69) is 31.1 Å². The number of aryl methyl sites for hydroxylation is 1. The molecule has 0 bridgehead atoms. The quantitative estimate of drug-likeness (QED) is 0.511. The first-order valence-corrected chi connectivity index (χ1v) is 8.38. The van der Waals surface area contributed by atoms with Gasteiger partial charge in [0.2, 0.25) is 0 Å². The molecule has 0 unspecified atom stereocenters. The van der Waals surface area contributed by atoms with Crippen molar-refractivity contribution in [3.8, 4) is 17.2 Å². The molecule has 1 aromatic carbocycles. The molecule has 29 heavy (non-hydrogen) atoms. The first kappa shape index (κ1) is 18.7. The number of fused-ring (bicyclic) bond motifs is 1. The van der Waals surface area contributed by atoms with Crippen molar-refractivity contribution in [3.63, 3.8) is 0 Å². The summed E-state index contributed by atoms with van der Waals surface area (Å²) < 4.78 is 50.3. The van der Waals surface area contributed by atoms with Crippen LogP contribution in [0.4, 0.5) is 30.5 Å². The van der Waals surface area contributed by atoms with Crippen molar-refractivity contribution in [1.29, 1.82) is 0 Å². The third kappa shape index (κ3) is 4.11. The Morgan fingerprint density at radius 2 is 2.00 bits per heavy atom. The average molecular weight is 407 g/mol. The standard InChI is InChI=1S/C17H16F3N7O2/c1-9-6-27(8-22-9)11-3-2-10(12(4-11)29-17(18,19)20)7-28-13-5-14(21)23-16-15(13)24-26-25-16/h2-6,8,24,26H,7H2,1H3,(H3,21,23,25). The Bertz CT molecular complexity index is 1050. The fourth-order valence-corrected chi connectivity index (χ4v) is 2.78. The molecule has 0 atom stereocenters. The minimum absolute atomic E-state index is 0.188. The van der Waals surface area contributed by atoms with Gasteiger partial charge in [-0.25, -0.2) is 9.97 Å². The van der Waals surface area contributed by atoms with Crippen LogP contribution in [0.25, 0.3) is 5.69 Å². The summed E-state index contributed by atoms with van der Waals surface area (Å²) in [6, 6.07) is 5.89. The number of imidazole rings is 1. The molecule has 3 heterocycles. The highest BCUT2D eigenvalue weighted by Crippen LogP contribution is 2.36. The molecule has 5 N–H and O–H groups in total. The number of aromatic nitrogens is 3. The zero-order chi connectivity index (χ0) is 20.6. The number of hydrazine groups is 2. The lowest BCUT2D eigenvalue weighted by atomic mass is 10.2. The Morgan fingerprint density at radius 1 is 1.17 bits per heavy atom. The van der Waals surface area contributed by atoms with Crippen LogP contribution in [0.2, 0.25) is 0 Å². The Balaban J connectivity index is 1.63. The van der Waals surface area contributed by atoms with Gasteiger partial charge in [-0.1, -0.05) is 0 Å². The molecule has 0 amide bonds. The van der Waals surface area contributed by atoms with Gasteiger partial charge >= 0.3 is 6.36 Å². The first-order valence-electron chi connectivity index (χ1n) is 8.38. The van der Waals surface area contributed by atoms with Crippen molar-refractivity contribution in [2.75, 3.05) is 16.6 Å². The minimum atomic E-state index is -4.85. The van der Waals surface area contributed by atoms with Crippen molar-refractivity contribution in [3.05, 3.63) is 48.0 Å². The van der Waals surface area contributed by atoms with E-state index in [9.17, 15) is 13.2 Å². The van der Waals surface area contributed by atoms with E-state index in [1.807, 2.05) is 0 Å². The third-order valence-corrected chi connectivity index (χ3v) is 4.04. The summed E-state index contributed by atoms with van der Waals surface area (Å²) in [7, 11) is 0. The van der Waals surface area contributed by atoms with Crippen LogP contribution >= 0.6 is 0 Å². The second-order valence-electron chi connectivity index (χ2n) is 6.19. The predicted molar refractivity (Wildman–Crippen MR) is 98.3 cm³/mol. The summed E-state index contributed by atoms with van der Waals surface area (Å²) in [5.41, 5.74) is 15.8. The molecule has 4 rings (SSSR count). The molecule has 0 saturated heterocycles. The van der Waals surface area contributed by atoms with Crippen LogP contribution in [0.1, 0.15) is 11.3 Å². The maximum absolute atomic E-state index is 12.9. The van der Waals surface area contributed by atoms with Crippen molar-refractivity contribution >= 4 is 17.3 Å². The molecule has 0 aliphatic carbocycles. The van der Waals surface area contributed by atoms with E-state index < -0.39 is 6.36 Å². The van der Waals surface area contributed by atoms with E-state index in [0.717, 1.165) is 5.69 Å². The molecular weight excluding hydrogens is 391 g/mol. The molecule has 1 aliphatic heterocycles. The SMILES string of the molecule is Cc1cn(-c2ccc(COc3cc(N)nc4c3NNN4)c(OC(F)(F)F)c2)cn1. The van der Waals surface area contributed by atoms with Gasteiger partial charge in [0.1, 0.15) is 23.9 Å². The zero-order valence-corrected chi connectivity index (χ0v) is 15.0. The van der Waals surface area contributed by atoms with Crippen LogP contribution in [-0.4, -0.2) is 20.9 Å². The Labute approximate surface area is 162 Å². The van der Waals surface area contributed by atoms with Gasteiger partial charge in [-0.15, -0.1) is 18.7 Å². The van der Waals surface area contributed by atoms with E-state index in [-0.39, 0.29) is 23.7 Å². The molecule has 152 valence electrons. The molecule has 0 spiro atoms. The Kier molecular flexibility index (Phi) is 4.54. The number of ether oxygens (including phenoxy) is 2. The monoisotopic (exact) mass is 407 g/mol. The first-order chi connectivity index (χ1) is 13.8. The van der Waals surface area contributed by atoms with Crippen molar-refractivity contribution in [2.45, 2.75) is 19.9 Å². The number of pyridine rings is 1. The lowest BCUT2D eigenvalue weighted by Crippen LogP contribution is -2.19. The number of alkyl halides is 3. The van der Waals surface area contributed by atoms with Gasteiger partial charge in [0.25, 0.3) is 0 Å². The summed E-state index contributed by atoms with van der Waals surface area (Å²) >= 11 is 0. The van der Waals surface area contributed by atoms with Crippen LogP contribution in [0.15, 0.2) is 36.8 Å². The Morgan fingerprint density at radius 3 is 2.72 bits per heavy atom. The van der Waals surface area contributed by atoms with Crippen LogP contribution in [-0.2, 0) is 6.61 Å². The zero-order valence-electron chi connectivity index (χ0n) is 15.0. The van der Waals surface area contributed by atoms with Crippen LogP contribution in [0, 0.1) is 6.92 Å². The summed E-state index contributed by atoms with van der Waals surface area (Å²) in [4.78, 5) is 8.14. The molecule has 1 aliphatic rings. The van der Waals surface area contributed by atoms with Crippen LogP contribution < -0.4 is 31.6 Å². The summed E-state index contributed by atoms with van der Waals surface area (Å²) in [6.45, 7) is 1.59. The second kappa shape index (κ2) is 7.05. The molecule has 9 nitrogen and oxygen atoms in total. The number of nitrogens with two attached hydrogens (primary N) is 1. The van der Waals surface area contributed by atoms with E-state index >= 15 is 0 Å². The Hall–Kier alpha value is -3.67. The number of anilines is 3. The molecule has 2 aromatic heterocycles. The average Bonchev–Trinajstić information content (AvgIpc) is 3.27. The number of halogens is 3. The summed E-state index contributed by atoms with van der Waals surface area (Å²) in [5, 5.41) is 0. The second-order valence-corrected chi connectivity index (χ2v) is 6.19. The highest BCUT2D eigenvalue weighted by molar-refractivity contribution is 5.76. The van der Waals surface area contributed by atoms with Crippen molar-refractivity contribution in [2.24, 2.45) is 0 Å². The van der Waals surface area contributed by atoms with E-state index in [1.54, 1.807) is 23.8 Å². The number of hydrogen-bond donors (Lipinski definition) is 4. The van der Waals surface area contributed by atoms with Gasteiger partial charge in [-0.3, -0.25) is 10.9 Å². The molecular formula is C17H16F3N7O2. The smallest absolute Gasteiger partial charge is 0.486 e.